The number of fused-ring (bicyclic) bond motifs is 1. The molecule has 1 aliphatic carbocycles. The monoisotopic (exact) mass is 597 g/mol. The summed E-state index contributed by atoms with van der Waals surface area (Å²) >= 11 is 5.91. The van der Waals surface area contributed by atoms with Crippen LogP contribution in [-0.2, 0) is 14.3 Å². The lowest BCUT2D eigenvalue weighted by Crippen LogP contribution is -2.35. The summed E-state index contributed by atoms with van der Waals surface area (Å²) in [5.41, 5.74) is 0.861. The number of hydrogen-bond donors (Lipinski definition) is 2. The minimum atomic E-state index is -0.627. The van der Waals surface area contributed by atoms with Crippen molar-refractivity contribution in [3.8, 4) is 0 Å². The van der Waals surface area contributed by atoms with E-state index in [4.69, 9.17) is 20.8 Å². The molecule has 2 heterocycles. The second-order valence-corrected chi connectivity index (χ2v) is 11.0. The molecule has 0 spiro atoms. The minimum absolute atomic E-state index is 0.0628. The predicted molar refractivity (Wildman–Crippen MR) is 160 cm³/mol. The van der Waals surface area contributed by atoms with E-state index < -0.39 is 5.91 Å². The smallest absolute Gasteiger partial charge is 0.294 e. The van der Waals surface area contributed by atoms with Gasteiger partial charge in [-0.25, -0.2) is 4.98 Å². The molecule has 2 N–H and O–H groups in total. The summed E-state index contributed by atoms with van der Waals surface area (Å²) in [6.07, 6.45) is 3.68. The SMILES string of the molecule is CCOCCN(C)C(=O)c1ccc2oc(C(=O)Nc3ccc(Cl)cn3)c(NC(=O)[C@H]3CC[C@H](C(=O)N(C)C)CC3)c2c1. The van der Waals surface area contributed by atoms with Gasteiger partial charge in [0.05, 0.1) is 11.6 Å². The van der Waals surface area contributed by atoms with Crippen LogP contribution in [-0.4, -0.2) is 79.3 Å². The van der Waals surface area contributed by atoms with Crippen LogP contribution in [0.2, 0.25) is 5.02 Å². The van der Waals surface area contributed by atoms with Gasteiger partial charge in [0, 0.05) is 63.3 Å². The van der Waals surface area contributed by atoms with E-state index in [1.165, 1.54) is 6.20 Å². The number of nitrogens with zero attached hydrogens (tertiary/aromatic N) is 3. The first kappa shape index (κ1) is 31.0. The van der Waals surface area contributed by atoms with Gasteiger partial charge in [0.15, 0.2) is 0 Å². The van der Waals surface area contributed by atoms with Crippen LogP contribution >= 0.6 is 11.6 Å². The van der Waals surface area contributed by atoms with Crippen molar-refractivity contribution in [2.24, 2.45) is 11.8 Å². The minimum Gasteiger partial charge on any atom is -0.449 e. The number of halogens is 1. The van der Waals surface area contributed by atoms with Gasteiger partial charge < -0.3 is 29.6 Å². The Labute approximate surface area is 249 Å². The highest BCUT2D eigenvalue weighted by molar-refractivity contribution is 6.30. The lowest BCUT2D eigenvalue weighted by Gasteiger charge is -2.28. The standard InChI is InChI=1S/C30H36ClN5O6/c1-5-41-15-14-36(4)30(40)20-10-12-23-22(16-20)25(26(42-23)28(38)33-24-13-11-21(31)17-32-24)34-27(37)18-6-8-19(9-7-18)29(39)35(2)3/h10-13,16-19H,5-9,14-15H2,1-4H3,(H,34,37)(H,32,33,38)/t18-,19-. The van der Waals surface area contributed by atoms with E-state index >= 15 is 0 Å². The summed E-state index contributed by atoms with van der Waals surface area (Å²) in [5, 5.41) is 6.40. The van der Waals surface area contributed by atoms with Crippen molar-refractivity contribution in [1.82, 2.24) is 14.8 Å². The molecule has 42 heavy (non-hydrogen) atoms. The molecule has 4 rings (SSSR count). The van der Waals surface area contributed by atoms with E-state index in [0.717, 1.165) is 0 Å². The van der Waals surface area contributed by atoms with E-state index in [2.05, 4.69) is 15.6 Å². The molecule has 0 radical (unpaired) electrons. The van der Waals surface area contributed by atoms with Crippen LogP contribution in [0.25, 0.3) is 11.0 Å². The number of furan rings is 1. The topological polar surface area (TPSA) is 134 Å². The van der Waals surface area contributed by atoms with Crippen LogP contribution in [0.3, 0.4) is 0 Å². The van der Waals surface area contributed by atoms with Gasteiger partial charge in [0.2, 0.25) is 17.6 Å². The zero-order valence-corrected chi connectivity index (χ0v) is 25.0. The molecular weight excluding hydrogens is 562 g/mol. The van der Waals surface area contributed by atoms with Crippen LogP contribution in [0.4, 0.5) is 11.5 Å². The molecule has 0 bridgehead atoms. The molecule has 0 unspecified atom stereocenters. The van der Waals surface area contributed by atoms with Crippen LogP contribution < -0.4 is 10.6 Å². The van der Waals surface area contributed by atoms with Gasteiger partial charge in [-0.05, 0) is 62.9 Å². The summed E-state index contributed by atoms with van der Waals surface area (Å²) < 4.78 is 11.3. The number of aromatic nitrogens is 1. The number of carbonyl (C=O) groups excluding carboxylic acids is 4. The van der Waals surface area contributed by atoms with Crippen LogP contribution in [0.5, 0.6) is 0 Å². The number of anilines is 2. The van der Waals surface area contributed by atoms with Gasteiger partial charge in [-0.1, -0.05) is 11.6 Å². The first-order chi connectivity index (χ1) is 20.1. The largest absolute Gasteiger partial charge is 0.449 e. The van der Waals surface area contributed by atoms with Crippen LogP contribution in [0.1, 0.15) is 53.5 Å². The average molecular weight is 598 g/mol. The van der Waals surface area contributed by atoms with E-state index in [-0.39, 0.29) is 46.8 Å². The summed E-state index contributed by atoms with van der Waals surface area (Å²) in [4.78, 5) is 59.6. The average Bonchev–Trinajstić information content (AvgIpc) is 3.35. The van der Waals surface area contributed by atoms with Crippen molar-refractivity contribution >= 4 is 57.7 Å². The molecule has 1 saturated carbocycles. The van der Waals surface area contributed by atoms with Gasteiger partial charge in [-0.2, -0.15) is 0 Å². The Balaban J connectivity index is 1.62. The Kier molecular flexibility index (Phi) is 10.2. The van der Waals surface area contributed by atoms with Crippen LogP contribution in [0.15, 0.2) is 40.9 Å². The fourth-order valence-electron chi connectivity index (χ4n) is 5.00. The Morgan fingerprint density at radius 3 is 2.38 bits per heavy atom. The summed E-state index contributed by atoms with van der Waals surface area (Å²) in [7, 11) is 5.14. The molecule has 11 nitrogen and oxygen atoms in total. The Bertz CT molecular complexity index is 1450. The normalized spacial score (nSPS) is 16.6. The number of ether oxygens (including phenoxy) is 1. The van der Waals surface area contributed by atoms with Crippen LogP contribution in [0, 0.1) is 11.8 Å². The molecular formula is C30H36ClN5O6. The number of amides is 4. The number of hydrogen-bond acceptors (Lipinski definition) is 7. The molecule has 2 aromatic heterocycles. The van der Waals surface area contributed by atoms with E-state index in [1.807, 2.05) is 6.92 Å². The van der Waals surface area contributed by atoms with Crippen molar-refractivity contribution in [3.05, 3.63) is 52.9 Å². The molecule has 1 fully saturated rings. The molecule has 1 aromatic carbocycles. The molecule has 0 atom stereocenters. The Morgan fingerprint density at radius 2 is 1.74 bits per heavy atom. The molecule has 1 aliphatic rings. The van der Waals surface area contributed by atoms with E-state index in [9.17, 15) is 19.2 Å². The lowest BCUT2D eigenvalue weighted by atomic mass is 9.81. The number of pyridine rings is 1. The van der Waals surface area contributed by atoms with Crippen molar-refractivity contribution in [2.75, 3.05) is 51.5 Å². The highest BCUT2D eigenvalue weighted by Crippen LogP contribution is 2.35. The van der Waals surface area contributed by atoms with Crippen molar-refractivity contribution in [3.63, 3.8) is 0 Å². The van der Waals surface area contributed by atoms with Crippen molar-refractivity contribution < 1.29 is 28.3 Å². The number of rotatable bonds is 10. The summed E-state index contributed by atoms with van der Waals surface area (Å²) in [6.45, 7) is 3.24. The van der Waals surface area contributed by atoms with E-state index in [0.29, 0.717) is 67.0 Å². The third-order valence-corrected chi connectivity index (χ3v) is 7.59. The molecule has 0 aliphatic heterocycles. The molecule has 12 heteroatoms. The first-order valence-corrected chi connectivity index (χ1v) is 14.3. The molecule has 224 valence electrons. The number of carbonyl (C=O) groups is 4. The maximum absolute atomic E-state index is 13.5. The Hall–Kier alpha value is -3.96. The predicted octanol–water partition coefficient (Wildman–Crippen LogP) is 4.68. The highest BCUT2D eigenvalue weighted by atomic mass is 35.5. The zero-order valence-electron chi connectivity index (χ0n) is 24.2. The van der Waals surface area contributed by atoms with Gasteiger partial charge >= 0.3 is 0 Å². The molecule has 4 amide bonds. The van der Waals surface area contributed by atoms with E-state index in [1.54, 1.807) is 61.3 Å². The summed E-state index contributed by atoms with van der Waals surface area (Å²) in [5.74, 6) is -1.41. The second kappa shape index (κ2) is 13.8. The second-order valence-electron chi connectivity index (χ2n) is 10.5. The Morgan fingerprint density at radius 1 is 1.02 bits per heavy atom. The lowest BCUT2D eigenvalue weighted by molar-refractivity contribution is -0.135. The fraction of sp³-hybridized carbons (Fsp3) is 0.433. The third kappa shape index (κ3) is 7.27. The number of benzene rings is 1. The third-order valence-electron chi connectivity index (χ3n) is 7.37. The van der Waals surface area contributed by atoms with Crippen molar-refractivity contribution in [2.45, 2.75) is 32.6 Å². The fourth-order valence-corrected chi connectivity index (χ4v) is 5.11. The number of nitrogens with one attached hydrogen (secondary N) is 2. The maximum Gasteiger partial charge on any atom is 0.294 e. The molecule has 0 saturated heterocycles. The molecule has 3 aromatic rings. The maximum atomic E-state index is 13.5. The number of likely N-dealkylation sites (N-methyl/N-ethyl adjacent to an activating group) is 1. The van der Waals surface area contributed by atoms with Gasteiger partial charge in [-0.15, -0.1) is 0 Å². The van der Waals surface area contributed by atoms with Gasteiger partial charge in [0.25, 0.3) is 11.8 Å². The highest BCUT2D eigenvalue weighted by Gasteiger charge is 2.32. The first-order valence-electron chi connectivity index (χ1n) is 13.9. The zero-order chi connectivity index (χ0) is 30.4. The van der Waals surface area contributed by atoms with Gasteiger partial charge in [0.1, 0.15) is 17.1 Å². The van der Waals surface area contributed by atoms with Gasteiger partial charge in [-0.3, -0.25) is 19.2 Å². The van der Waals surface area contributed by atoms with Crippen molar-refractivity contribution in [1.29, 1.82) is 0 Å². The quantitative estimate of drug-likeness (QED) is 0.324. The summed E-state index contributed by atoms with van der Waals surface area (Å²) in [6, 6.07) is 7.95.